The number of aromatic nitrogens is 2. The van der Waals surface area contributed by atoms with Crippen LogP contribution in [0.2, 0.25) is 0 Å². The summed E-state index contributed by atoms with van der Waals surface area (Å²) in [6.45, 7) is 6.28. The Labute approximate surface area is 176 Å². The fourth-order valence-electron chi connectivity index (χ4n) is 4.03. The van der Waals surface area contributed by atoms with Crippen molar-refractivity contribution in [2.75, 3.05) is 13.1 Å². The van der Waals surface area contributed by atoms with E-state index < -0.39 is 0 Å². The van der Waals surface area contributed by atoms with Crippen LogP contribution in [-0.4, -0.2) is 39.4 Å². The summed E-state index contributed by atoms with van der Waals surface area (Å²) in [5, 5.41) is 2.96. The van der Waals surface area contributed by atoms with Crippen LogP contribution in [0, 0.1) is 13.8 Å². The van der Waals surface area contributed by atoms with Crippen LogP contribution in [0.5, 0.6) is 0 Å². The molecule has 6 nitrogen and oxygen atoms in total. The molecule has 1 aliphatic heterocycles. The minimum atomic E-state index is -0.112. The summed E-state index contributed by atoms with van der Waals surface area (Å²) in [6, 6.07) is 13.6. The molecule has 0 atom stereocenters. The lowest BCUT2D eigenvalue weighted by Crippen LogP contribution is -2.34. The lowest BCUT2D eigenvalue weighted by atomic mass is 10.1. The SMILES string of the molecule is Cc1cc(C)cc(C(=O)N2CCc3ccc(C(=O)NCc4cccnc4)n3CC2)c1. The van der Waals surface area contributed by atoms with E-state index in [1.165, 1.54) is 0 Å². The maximum absolute atomic E-state index is 13.0. The molecule has 30 heavy (non-hydrogen) atoms. The Kier molecular flexibility index (Phi) is 5.65. The first-order valence-electron chi connectivity index (χ1n) is 10.2. The Balaban J connectivity index is 1.45. The predicted molar refractivity (Wildman–Crippen MR) is 115 cm³/mol. The number of fused-ring (bicyclic) bond motifs is 1. The van der Waals surface area contributed by atoms with Crippen LogP contribution in [0.1, 0.15) is 43.2 Å². The Morgan fingerprint density at radius 2 is 1.83 bits per heavy atom. The van der Waals surface area contributed by atoms with Gasteiger partial charge in [-0.1, -0.05) is 23.3 Å². The molecule has 0 radical (unpaired) electrons. The van der Waals surface area contributed by atoms with Crippen LogP contribution in [0.4, 0.5) is 0 Å². The van der Waals surface area contributed by atoms with E-state index in [0.717, 1.165) is 34.4 Å². The first-order chi connectivity index (χ1) is 14.5. The molecule has 6 heteroatoms. The van der Waals surface area contributed by atoms with E-state index in [1.807, 2.05) is 59.7 Å². The number of hydrogen-bond donors (Lipinski definition) is 1. The van der Waals surface area contributed by atoms with Gasteiger partial charge >= 0.3 is 0 Å². The van der Waals surface area contributed by atoms with Crippen LogP contribution in [0.15, 0.2) is 54.9 Å². The number of aryl methyl sites for hydroxylation is 2. The van der Waals surface area contributed by atoms with Crippen molar-refractivity contribution in [1.82, 2.24) is 19.8 Å². The molecule has 0 unspecified atom stereocenters. The second-order valence-corrected chi connectivity index (χ2v) is 7.82. The first-order valence-corrected chi connectivity index (χ1v) is 10.2. The number of hydrogen-bond acceptors (Lipinski definition) is 3. The Hall–Kier alpha value is -3.41. The largest absolute Gasteiger partial charge is 0.347 e. The zero-order valence-electron chi connectivity index (χ0n) is 17.4. The van der Waals surface area contributed by atoms with Gasteiger partial charge in [-0.05, 0) is 49.7 Å². The third kappa shape index (κ3) is 4.27. The van der Waals surface area contributed by atoms with Crippen molar-refractivity contribution in [2.24, 2.45) is 0 Å². The Morgan fingerprint density at radius 3 is 2.57 bits per heavy atom. The standard InChI is InChI=1S/C24H26N4O2/c1-17-12-18(2)14-20(13-17)24(30)27-9-7-21-5-6-22(28(21)11-10-27)23(29)26-16-19-4-3-8-25-15-19/h3-6,8,12-15H,7,9-11,16H2,1-2H3,(H,26,29). The van der Waals surface area contributed by atoms with Crippen LogP contribution in [0.3, 0.4) is 0 Å². The average molecular weight is 402 g/mol. The second-order valence-electron chi connectivity index (χ2n) is 7.82. The van der Waals surface area contributed by atoms with Gasteiger partial charge in [-0.3, -0.25) is 14.6 Å². The van der Waals surface area contributed by atoms with Crippen LogP contribution in [-0.2, 0) is 19.5 Å². The molecule has 4 rings (SSSR count). The van der Waals surface area contributed by atoms with Crippen molar-refractivity contribution >= 4 is 11.8 Å². The topological polar surface area (TPSA) is 67.2 Å². The molecule has 3 heterocycles. The molecule has 0 spiro atoms. The summed E-state index contributed by atoms with van der Waals surface area (Å²) in [4.78, 5) is 31.7. The molecule has 0 saturated carbocycles. The Morgan fingerprint density at radius 1 is 1.03 bits per heavy atom. The van der Waals surface area contributed by atoms with Crippen molar-refractivity contribution in [1.29, 1.82) is 0 Å². The van der Waals surface area contributed by atoms with Gasteiger partial charge in [0.1, 0.15) is 5.69 Å². The highest BCUT2D eigenvalue weighted by atomic mass is 16.2. The predicted octanol–water partition coefficient (Wildman–Crippen LogP) is 3.13. The van der Waals surface area contributed by atoms with Crippen molar-refractivity contribution in [3.63, 3.8) is 0 Å². The van der Waals surface area contributed by atoms with E-state index in [0.29, 0.717) is 31.9 Å². The van der Waals surface area contributed by atoms with E-state index in [2.05, 4.69) is 16.4 Å². The highest BCUT2D eigenvalue weighted by molar-refractivity contribution is 5.95. The molecule has 1 N–H and O–H groups in total. The lowest BCUT2D eigenvalue weighted by Gasteiger charge is -2.21. The van der Waals surface area contributed by atoms with Crippen molar-refractivity contribution in [2.45, 2.75) is 33.4 Å². The van der Waals surface area contributed by atoms with Crippen molar-refractivity contribution in [3.05, 3.63) is 88.5 Å². The van der Waals surface area contributed by atoms with Crippen LogP contribution >= 0.6 is 0 Å². The summed E-state index contributed by atoms with van der Waals surface area (Å²) < 4.78 is 2.04. The van der Waals surface area contributed by atoms with Gasteiger partial charge in [-0.15, -0.1) is 0 Å². The van der Waals surface area contributed by atoms with Gasteiger partial charge in [-0.2, -0.15) is 0 Å². The summed E-state index contributed by atoms with van der Waals surface area (Å²) in [6.07, 6.45) is 4.19. The zero-order valence-corrected chi connectivity index (χ0v) is 17.4. The normalized spacial score (nSPS) is 13.5. The number of amides is 2. The van der Waals surface area contributed by atoms with Gasteiger partial charge in [0.2, 0.25) is 0 Å². The molecule has 0 saturated heterocycles. The molecule has 0 fully saturated rings. The monoisotopic (exact) mass is 402 g/mol. The van der Waals surface area contributed by atoms with Crippen molar-refractivity contribution in [3.8, 4) is 0 Å². The highest BCUT2D eigenvalue weighted by Gasteiger charge is 2.23. The van der Waals surface area contributed by atoms with Gasteiger partial charge in [0, 0.05) is 56.3 Å². The van der Waals surface area contributed by atoms with E-state index in [-0.39, 0.29) is 11.8 Å². The minimum absolute atomic E-state index is 0.0510. The van der Waals surface area contributed by atoms with E-state index in [4.69, 9.17) is 0 Å². The molecule has 2 aromatic heterocycles. The fourth-order valence-corrected chi connectivity index (χ4v) is 4.03. The molecule has 2 amide bonds. The van der Waals surface area contributed by atoms with E-state index in [1.54, 1.807) is 12.4 Å². The number of carbonyl (C=O) groups excluding carboxylic acids is 2. The third-order valence-corrected chi connectivity index (χ3v) is 5.47. The fraction of sp³-hybridized carbons (Fsp3) is 0.292. The summed E-state index contributed by atoms with van der Waals surface area (Å²) in [5.74, 6) is -0.0608. The zero-order chi connectivity index (χ0) is 21.1. The van der Waals surface area contributed by atoms with Gasteiger partial charge in [-0.25, -0.2) is 0 Å². The molecular weight excluding hydrogens is 376 g/mol. The van der Waals surface area contributed by atoms with E-state index in [9.17, 15) is 9.59 Å². The minimum Gasteiger partial charge on any atom is -0.347 e. The highest BCUT2D eigenvalue weighted by Crippen LogP contribution is 2.18. The summed E-state index contributed by atoms with van der Waals surface area (Å²) in [7, 11) is 0. The molecule has 1 aromatic carbocycles. The van der Waals surface area contributed by atoms with Crippen LogP contribution < -0.4 is 5.32 Å². The molecule has 154 valence electrons. The lowest BCUT2D eigenvalue weighted by molar-refractivity contribution is 0.0759. The number of rotatable bonds is 4. The molecule has 1 aliphatic rings. The number of carbonyl (C=O) groups is 2. The maximum Gasteiger partial charge on any atom is 0.268 e. The van der Waals surface area contributed by atoms with Gasteiger partial charge in [0.25, 0.3) is 11.8 Å². The first kappa shape index (κ1) is 19.9. The van der Waals surface area contributed by atoms with Gasteiger partial charge in [0.15, 0.2) is 0 Å². The van der Waals surface area contributed by atoms with Gasteiger partial charge in [0.05, 0.1) is 0 Å². The summed E-state index contributed by atoms with van der Waals surface area (Å²) in [5.41, 5.74) is 5.58. The smallest absolute Gasteiger partial charge is 0.268 e. The molecule has 0 bridgehead atoms. The molecule has 0 aliphatic carbocycles. The van der Waals surface area contributed by atoms with E-state index >= 15 is 0 Å². The number of nitrogens with zero attached hydrogens (tertiary/aromatic N) is 3. The quantitative estimate of drug-likeness (QED) is 0.729. The number of benzene rings is 1. The Bertz CT molecular complexity index is 1050. The summed E-state index contributed by atoms with van der Waals surface area (Å²) >= 11 is 0. The van der Waals surface area contributed by atoms with Crippen LogP contribution in [0.25, 0.3) is 0 Å². The van der Waals surface area contributed by atoms with Crippen molar-refractivity contribution < 1.29 is 9.59 Å². The maximum atomic E-state index is 13.0. The average Bonchev–Trinajstić information content (AvgIpc) is 3.03. The number of nitrogens with one attached hydrogen (secondary N) is 1. The van der Waals surface area contributed by atoms with Gasteiger partial charge < -0.3 is 14.8 Å². The molecular formula is C24H26N4O2. The number of pyridine rings is 1. The second kappa shape index (κ2) is 8.53. The third-order valence-electron chi connectivity index (χ3n) is 5.47. The molecule has 3 aromatic rings.